The second-order valence-electron chi connectivity index (χ2n) is 6.48. The summed E-state index contributed by atoms with van der Waals surface area (Å²) in [4.78, 5) is 39.6. The van der Waals surface area contributed by atoms with Crippen LogP contribution in [0.1, 0.15) is 17.3 Å². The van der Waals surface area contributed by atoms with Crippen LogP contribution in [0.5, 0.6) is 5.75 Å². The van der Waals surface area contributed by atoms with E-state index in [1.807, 2.05) is 0 Å². The first-order valence-electron chi connectivity index (χ1n) is 9.06. The molecule has 0 saturated heterocycles. The van der Waals surface area contributed by atoms with E-state index in [2.05, 4.69) is 25.3 Å². The van der Waals surface area contributed by atoms with Crippen molar-refractivity contribution in [3.05, 3.63) is 66.7 Å². The van der Waals surface area contributed by atoms with Crippen LogP contribution in [0.3, 0.4) is 0 Å². The lowest BCUT2D eigenvalue weighted by molar-refractivity contribution is -0.123. The van der Waals surface area contributed by atoms with E-state index in [0.29, 0.717) is 16.7 Å². The van der Waals surface area contributed by atoms with Gasteiger partial charge in [0.1, 0.15) is 17.6 Å². The van der Waals surface area contributed by atoms with Gasteiger partial charge in [0.15, 0.2) is 17.6 Å². The van der Waals surface area contributed by atoms with Crippen LogP contribution in [0, 0.1) is 0 Å². The minimum absolute atomic E-state index is 0.182. The topological polar surface area (TPSA) is 130 Å². The molecular weight excluding hydrogens is 386 g/mol. The third-order valence-corrected chi connectivity index (χ3v) is 4.44. The fourth-order valence-electron chi connectivity index (χ4n) is 2.81. The standard InChI is InChI=1S/C21H17N5O4/c1-12(20(28)26-19-17-18(23-10-22-17)24-11-25-19)30-21(29)15-4-2-13(3-5-15)14-6-8-16(27)9-7-14/h2-12,27H,1H3,(H2,22,23,24,25,26,28). The van der Waals surface area contributed by atoms with Crippen LogP contribution in [0.25, 0.3) is 22.3 Å². The van der Waals surface area contributed by atoms with E-state index in [-0.39, 0.29) is 11.6 Å². The smallest absolute Gasteiger partial charge is 0.338 e. The van der Waals surface area contributed by atoms with Crippen LogP contribution in [-0.4, -0.2) is 43.0 Å². The number of esters is 1. The van der Waals surface area contributed by atoms with E-state index in [1.165, 1.54) is 19.6 Å². The van der Waals surface area contributed by atoms with E-state index in [4.69, 9.17) is 4.74 Å². The van der Waals surface area contributed by atoms with Crippen molar-refractivity contribution in [1.29, 1.82) is 0 Å². The first kappa shape index (κ1) is 19.1. The van der Waals surface area contributed by atoms with Gasteiger partial charge in [-0.3, -0.25) is 4.79 Å². The van der Waals surface area contributed by atoms with Gasteiger partial charge in [0.2, 0.25) is 0 Å². The Labute approximate surface area is 170 Å². The van der Waals surface area contributed by atoms with Gasteiger partial charge in [-0.05, 0) is 42.3 Å². The van der Waals surface area contributed by atoms with E-state index in [9.17, 15) is 14.7 Å². The summed E-state index contributed by atoms with van der Waals surface area (Å²) in [6.45, 7) is 1.48. The average Bonchev–Trinajstić information content (AvgIpc) is 3.24. The van der Waals surface area contributed by atoms with Crippen LogP contribution in [0.15, 0.2) is 61.2 Å². The maximum Gasteiger partial charge on any atom is 0.338 e. The average molecular weight is 403 g/mol. The number of amides is 1. The van der Waals surface area contributed by atoms with Gasteiger partial charge in [0.25, 0.3) is 5.91 Å². The Morgan fingerprint density at radius 1 is 1.00 bits per heavy atom. The number of phenolic OH excluding ortho intramolecular Hbond substituents is 1. The van der Waals surface area contributed by atoms with Crippen LogP contribution in [-0.2, 0) is 9.53 Å². The SMILES string of the molecule is CC(OC(=O)c1ccc(-c2ccc(O)cc2)cc1)C(=O)Nc1ncnc2nc[nH]c12. The quantitative estimate of drug-likeness (QED) is 0.437. The Bertz CT molecular complexity index is 1200. The summed E-state index contributed by atoms with van der Waals surface area (Å²) in [5, 5.41) is 12.0. The van der Waals surface area contributed by atoms with Crippen molar-refractivity contribution in [1.82, 2.24) is 19.9 Å². The summed E-state index contributed by atoms with van der Waals surface area (Å²) in [6, 6.07) is 13.5. The molecule has 1 unspecified atom stereocenters. The molecule has 4 aromatic rings. The number of H-pyrrole nitrogens is 1. The maximum atomic E-state index is 12.4. The number of hydrogen-bond donors (Lipinski definition) is 3. The number of nitrogens with one attached hydrogen (secondary N) is 2. The fourth-order valence-corrected chi connectivity index (χ4v) is 2.81. The summed E-state index contributed by atoms with van der Waals surface area (Å²) in [5.41, 5.74) is 2.99. The largest absolute Gasteiger partial charge is 0.508 e. The highest BCUT2D eigenvalue weighted by Crippen LogP contribution is 2.22. The highest BCUT2D eigenvalue weighted by Gasteiger charge is 2.20. The zero-order valence-corrected chi connectivity index (χ0v) is 15.9. The molecule has 0 spiro atoms. The van der Waals surface area contributed by atoms with Gasteiger partial charge in [-0.1, -0.05) is 24.3 Å². The predicted octanol–water partition coefficient (Wildman–Crippen LogP) is 2.91. The summed E-state index contributed by atoms with van der Waals surface area (Å²) in [6.07, 6.45) is 1.69. The number of fused-ring (bicyclic) bond motifs is 1. The number of phenols is 1. The predicted molar refractivity (Wildman–Crippen MR) is 109 cm³/mol. The molecule has 1 amide bonds. The number of hydrogen-bond acceptors (Lipinski definition) is 7. The number of anilines is 1. The van der Waals surface area contributed by atoms with Gasteiger partial charge in [-0.15, -0.1) is 0 Å². The molecule has 9 nitrogen and oxygen atoms in total. The normalized spacial score (nSPS) is 11.8. The number of benzene rings is 2. The van der Waals surface area contributed by atoms with Gasteiger partial charge in [-0.2, -0.15) is 0 Å². The van der Waals surface area contributed by atoms with Gasteiger partial charge in [-0.25, -0.2) is 19.7 Å². The van der Waals surface area contributed by atoms with Crippen LogP contribution in [0.2, 0.25) is 0 Å². The molecule has 1 atom stereocenters. The second kappa shape index (κ2) is 8.00. The zero-order valence-electron chi connectivity index (χ0n) is 15.9. The molecule has 0 bridgehead atoms. The number of aromatic amines is 1. The molecular formula is C21H17N5O4. The monoisotopic (exact) mass is 403 g/mol. The lowest BCUT2D eigenvalue weighted by Crippen LogP contribution is -2.30. The Hall–Kier alpha value is -4.27. The second-order valence-corrected chi connectivity index (χ2v) is 6.48. The summed E-state index contributed by atoms with van der Waals surface area (Å²) in [7, 11) is 0. The van der Waals surface area contributed by atoms with Crippen molar-refractivity contribution in [3.8, 4) is 16.9 Å². The van der Waals surface area contributed by atoms with E-state index < -0.39 is 18.0 Å². The van der Waals surface area contributed by atoms with E-state index >= 15 is 0 Å². The number of aromatic nitrogens is 4. The van der Waals surface area contributed by atoms with E-state index in [1.54, 1.807) is 48.5 Å². The molecule has 150 valence electrons. The van der Waals surface area contributed by atoms with Crippen LogP contribution in [0.4, 0.5) is 5.82 Å². The first-order valence-corrected chi connectivity index (χ1v) is 9.06. The fraction of sp³-hybridized carbons (Fsp3) is 0.0952. The molecule has 2 aromatic carbocycles. The van der Waals surface area contributed by atoms with Crippen molar-refractivity contribution < 1.29 is 19.4 Å². The summed E-state index contributed by atoms with van der Waals surface area (Å²) >= 11 is 0. The molecule has 0 aliphatic carbocycles. The van der Waals surface area contributed by atoms with Gasteiger partial charge >= 0.3 is 5.97 Å². The lowest BCUT2D eigenvalue weighted by Gasteiger charge is -2.13. The van der Waals surface area contributed by atoms with Gasteiger partial charge in [0, 0.05) is 0 Å². The number of carbonyl (C=O) groups excluding carboxylic acids is 2. The van der Waals surface area contributed by atoms with Crippen molar-refractivity contribution in [3.63, 3.8) is 0 Å². The molecule has 3 N–H and O–H groups in total. The molecule has 0 aliphatic heterocycles. The van der Waals surface area contributed by atoms with Crippen molar-refractivity contribution in [2.24, 2.45) is 0 Å². The number of carbonyl (C=O) groups is 2. The molecule has 0 fully saturated rings. The van der Waals surface area contributed by atoms with Crippen molar-refractivity contribution in [2.75, 3.05) is 5.32 Å². The Morgan fingerprint density at radius 2 is 1.67 bits per heavy atom. The number of rotatable bonds is 5. The third kappa shape index (κ3) is 3.95. The van der Waals surface area contributed by atoms with Gasteiger partial charge < -0.3 is 20.1 Å². The molecule has 0 aliphatic rings. The molecule has 2 heterocycles. The van der Waals surface area contributed by atoms with E-state index in [0.717, 1.165) is 11.1 Å². The highest BCUT2D eigenvalue weighted by molar-refractivity contribution is 6.00. The van der Waals surface area contributed by atoms with Gasteiger partial charge in [0.05, 0.1) is 11.9 Å². The maximum absolute atomic E-state index is 12.4. The van der Waals surface area contributed by atoms with Crippen LogP contribution < -0.4 is 5.32 Å². The lowest BCUT2D eigenvalue weighted by atomic mass is 10.0. The molecule has 2 aromatic heterocycles. The van der Waals surface area contributed by atoms with Crippen LogP contribution >= 0.6 is 0 Å². The van der Waals surface area contributed by atoms with Crippen molar-refractivity contribution in [2.45, 2.75) is 13.0 Å². The molecule has 0 radical (unpaired) electrons. The molecule has 0 saturated carbocycles. The Morgan fingerprint density at radius 3 is 2.37 bits per heavy atom. The minimum atomic E-state index is -1.04. The first-order chi connectivity index (χ1) is 14.5. The number of ether oxygens (including phenoxy) is 1. The minimum Gasteiger partial charge on any atom is -0.508 e. The summed E-state index contributed by atoms with van der Waals surface area (Å²) < 4.78 is 5.27. The van der Waals surface area contributed by atoms with Crippen molar-refractivity contribution >= 4 is 28.9 Å². The number of aromatic hydroxyl groups is 1. The Kier molecular flexibility index (Phi) is 5.08. The molecule has 30 heavy (non-hydrogen) atoms. The molecule has 9 heteroatoms. The summed E-state index contributed by atoms with van der Waals surface area (Å²) in [5.74, 6) is -0.715. The Balaban J connectivity index is 1.41. The zero-order chi connectivity index (χ0) is 21.1. The highest BCUT2D eigenvalue weighted by atomic mass is 16.5. The molecule has 4 rings (SSSR count). The third-order valence-electron chi connectivity index (χ3n) is 4.44. The number of imidazole rings is 1. The number of nitrogens with zero attached hydrogens (tertiary/aromatic N) is 3.